The number of fused-ring (bicyclic) bond motifs is 1. The molecule has 0 spiro atoms. The number of amides is 3. The molecule has 1 N–H and O–H groups in total. The number of hydrogen-bond donors (Lipinski definition) is 1. The minimum atomic E-state index is -4.14. The highest BCUT2D eigenvalue weighted by molar-refractivity contribution is 7.90. The van der Waals surface area contributed by atoms with Crippen molar-refractivity contribution < 1.29 is 22.8 Å². The molecule has 2 atom stereocenters. The maximum absolute atomic E-state index is 13.5. The predicted molar refractivity (Wildman–Crippen MR) is 128 cm³/mol. The zero-order valence-electron chi connectivity index (χ0n) is 19.9. The lowest BCUT2D eigenvalue weighted by atomic mass is 10.1. The molecule has 1 heterocycles. The molecule has 0 unspecified atom stereocenters. The molecule has 0 aromatic heterocycles. The third kappa shape index (κ3) is 5.14. The van der Waals surface area contributed by atoms with E-state index in [1.807, 2.05) is 45.0 Å². The van der Waals surface area contributed by atoms with E-state index >= 15 is 0 Å². The van der Waals surface area contributed by atoms with Gasteiger partial charge in [-0.1, -0.05) is 55.8 Å². The first kappa shape index (κ1) is 25.4. The Balaban J connectivity index is 1.93. The van der Waals surface area contributed by atoms with Crippen molar-refractivity contribution in [2.75, 3.05) is 6.54 Å². The second-order valence-corrected chi connectivity index (χ2v) is 10.4. The Morgan fingerprint density at radius 2 is 1.76 bits per heavy atom. The van der Waals surface area contributed by atoms with Crippen LogP contribution in [0.1, 0.15) is 55.1 Å². The minimum absolute atomic E-state index is 0.0436. The molecular weight excluding hydrogens is 454 g/mol. The summed E-state index contributed by atoms with van der Waals surface area (Å²) in [6, 6.07) is 12.5. The fourth-order valence-corrected chi connectivity index (χ4v) is 5.49. The molecule has 3 amide bonds. The third-order valence-electron chi connectivity index (χ3n) is 6.01. The first-order valence-electron chi connectivity index (χ1n) is 11.4. The fraction of sp³-hybridized carbons (Fsp3) is 0.400. The largest absolute Gasteiger partial charge is 0.352 e. The van der Waals surface area contributed by atoms with E-state index in [-0.39, 0.29) is 29.0 Å². The van der Waals surface area contributed by atoms with E-state index in [4.69, 9.17) is 0 Å². The summed E-state index contributed by atoms with van der Waals surface area (Å²) in [7, 11) is -4.14. The summed E-state index contributed by atoms with van der Waals surface area (Å²) in [6.45, 7) is 6.99. The molecule has 0 saturated heterocycles. The molecule has 0 radical (unpaired) electrons. The highest BCUT2D eigenvalue weighted by Gasteiger charge is 2.43. The fourth-order valence-electron chi connectivity index (χ4n) is 3.97. The summed E-state index contributed by atoms with van der Waals surface area (Å²) in [5.41, 5.74) is 1.85. The molecular formula is C25H31N3O5S. The highest BCUT2D eigenvalue weighted by Crippen LogP contribution is 2.30. The van der Waals surface area contributed by atoms with Gasteiger partial charge in [0, 0.05) is 12.6 Å². The van der Waals surface area contributed by atoms with Crippen molar-refractivity contribution in [3.8, 4) is 0 Å². The zero-order valence-corrected chi connectivity index (χ0v) is 20.8. The summed E-state index contributed by atoms with van der Waals surface area (Å²) in [5, 5.41) is 2.91. The van der Waals surface area contributed by atoms with Gasteiger partial charge in [-0.05, 0) is 44.4 Å². The van der Waals surface area contributed by atoms with Gasteiger partial charge in [-0.25, -0.2) is 12.7 Å². The van der Waals surface area contributed by atoms with Crippen LogP contribution in [-0.2, 0) is 26.2 Å². The Morgan fingerprint density at radius 1 is 1.06 bits per heavy atom. The molecule has 182 valence electrons. The van der Waals surface area contributed by atoms with Gasteiger partial charge in [0.1, 0.15) is 17.5 Å². The lowest BCUT2D eigenvalue weighted by Crippen LogP contribution is -2.53. The van der Waals surface area contributed by atoms with Gasteiger partial charge < -0.3 is 10.2 Å². The van der Waals surface area contributed by atoms with Crippen molar-refractivity contribution in [1.82, 2.24) is 14.5 Å². The van der Waals surface area contributed by atoms with Crippen LogP contribution in [0.5, 0.6) is 0 Å². The molecule has 0 saturated carbocycles. The average molecular weight is 486 g/mol. The van der Waals surface area contributed by atoms with E-state index in [1.165, 1.54) is 23.1 Å². The van der Waals surface area contributed by atoms with Crippen LogP contribution in [0.25, 0.3) is 0 Å². The molecule has 0 fully saturated rings. The average Bonchev–Trinajstić information content (AvgIpc) is 2.99. The normalized spacial score (nSPS) is 16.0. The van der Waals surface area contributed by atoms with Gasteiger partial charge in [-0.15, -0.1) is 0 Å². The second-order valence-electron chi connectivity index (χ2n) is 8.57. The Bertz CT molecular complexity index is 1190. The molecule has 0 bridgehead atoms. The maximum atomic E-state index is 13.5. The second kappa shape index (κ2) is 10.4. The Morgan fingerprint density at radius 3 is 2.38 bits per heavy atom. The molecule has 8 nitrogen and oxygen atoms in total. The lowest BCUT2D eigenvalue weighted by Gasteiger charge is -2.32. The SMILES string of the molecule is CC[C@@H](C)NC(=O)[C@H](CC)N(Cc1cccc(C)c1)C(=O)CN1C(=O)c2ccccc2S1(=O)=O. The van der Waals surface area contributed by atoms with Gasteiger partial charge in [-0.3, -0.25) is 14.4 Å². The molecule has 1 aliphatic rings. The Labute approximate surface area is 201 Å². The van der Waals surface area contributed by atoms with Crippen LogP contribution in [0.2, 0.25) is 0 Å². The molecule has 2 aromatic carbocycles. The van der Waals surface area contributed by atoms with Crippen LogP contribution < -0.4 is 5.32 Å². The zero-order chi connectivity index (χ0) is 25.0. The standard InChI is InChI=1S/C25H31N3O5S/c1-5-18(4)26-24(30)21(6-2)27(15-19-11-9-10-17(3)14-19)23(29)16-28-25(31)20-12-7-8-13-22(20)34(28,32)33/h7-14,18,21H,5-6,15-16H2,1-4H3,(H,26,30)/t18-,21+/m1/s1. The lowest BCUT2D eigenvalue weighted by molar-refractivity contribution is -0.141. The highest BCUT2D eigenvalue weighted by atomic mass is 32.2. The van der Waals surface area contributed by atoms with Crippen LogP contribution in [0, 0.1) is 6.92 Å². The van der Waals surface area contributed by atoms with Crippen molar-refractivity contribution in [2.24, 2.45) is 0 Å². The number of benzene rings is 2. The number of carbonyl (C=O) groups excluding carboxylic acids is 3. The van der Waals surface area contributed by atoms with Crippen molar-refractivity contribution in [3.63, 3.8) is 0 Å². The van der Waals surface area contributed by atoms with Gasteiger partial charge >= 0.3 is 0 Å². The number of aryl methyl sites for hydroxylation is 1. The van der Waals surface area contributed by atoms with Crippen LogP contribution in [-0.4, -0.2) is 54.0 Å². The van der Waals surface area contributed by atoms with Crippen molar-refractivity contribution in [1.29, 1.82) is 0 Å². The molecule has 1 aliphatic heterocycles. The molecule has 34 heavy (non-hydrogen) atoms. The van der Waals surface area contributed by atoms with Gasteiger partial charge in [0.25, 0.3) is 15.9 Å². The number of sulfonamides is 1. The third-order valence-corrected chi connectivity index (χ3v) is 7.80. The van der Waals surface area contributed by atoms with Crippen molar-refractivity contribution in [2.45, 2.75) is 64.1 Å². The first-order chi connectivity index (χ1) is 16.1. The van der Waals surface area contributed by atoms with E-state index < -0.39 is 34.4 Å². The molecule has 9 heteroatoms. The van der Waals surface area contributed by atoms with E-state index in [0.29, 0.717) is 10.7 Å². The number of hydrogen-bond acceptors (Lipinski definition) is 5. The smallest absolute Gasteiger partial charge is 0.269 e. The predicted octanol–water partition coefficient (Wildman–Crippen LogP) is 2.86. The van der Waals surface area contributed by atoms with E-state index in [0.717, 1.165) is 17.5 Å². The quantitative estimate of drug-likeness (QED) is 0.588. The van der Waals surface area contributed by atoms with Gasteiger partial charge in [0.05, 0.1) is 5.56 Å². The number of nitrogens with one attached hydrogen (secondary N) is 1. The van der Waals surface area contributed by atoms with Gasteiger partial charge in [-0.2, -0.15) is 0 Å². The van der Waals surface area contributed by atoms with Crippen LogP contribution in [0.3, 0.4) is 0 Å². The van der Waals surface area contributed by atoms with E-state index in [9.17, 15) is 22.8 Å². The molecule has 0 aliphatic carbocycles. The summed E-state index contributed by atoms with van der Waals surface area (Å²) >= 11 is 0. The van der Waals surface area contributed by atoms with E-state index in [2.05, 4.69) is 5.32 Å². The maximum Gasteiger partial charge on any atom is 0.269 e. The Hall–Kier alpha value is -3.20. The number of rotatable bonds is 9. The van der Waals surface area contributed by atoms with Crippen molar-refractivity contribution in [3.05, 3.63) is 65.2 Å². The van der Waals surface area contributed by atoms with Gasteiger partial charge in [0.15, 0.2) is 0 Å². The topological polar surface area (TPSA) is 104 Å². The number of carbonyl (C=O) groups is 3. The number of nitrogens with zero attached hydrogens (tertiary/aromatic N) is 2. The first-order valence-corrected chi connectivity index (χ1v) is 12.9. The van der Waals surface area contributed by atoms with Gasteiger partial charge in [0.2, 0.25) is 11.8 Å². The molecule has 2 aromatic rings. The summed E-state index contributed by atoms with van der Waals surface area (Å²) in [4.78, 5) is 40.7. The van der Waals surface area contributed by atoms with Crippen LogP contribution in [0.15, 0.2) is 53.4 Å². The Kier molecular flexibility index (Phi) is 7.76. The van der Waals surface area contributed by atoms with Crippen LogP contribution >= 0.6 is 0 Å². The van der Waals surface area contributed by atoms with E-state index in [1.54, 1.807) is 13.0 Å². The monoisotopic (exact) mass is 485 g/mol. The minimum Gasteiger partial charge on any atom is -0.352 e. The van der Waals surface area contributed by atoms with Crippen LogP contribution in [0.4, 0.5) is 0 Å². The summed E-state index contributed by atoms with van der Waals surface area (Å²) < 4.78 is 26.5. The molecule has 3 rings (SSSR count). The van der Waals surface area contributed by atoms with Crippen molar-refractivity contribution >= 4 is 27.7 Å². The summed E-state index contributed by atoms with van der Waals surface area (Å²) in [5.74, 6) is -1.66. The summed E-state index contributed by atoms with van der Waals surface area (Å²) in [6.07, 6.45) is 1.06.